The summed E-state index contributed by atoms with van der Waals surface area (Å²) < 4.78 is 22.5. The van der Waals surface area contributed by atoms with Gasteiger partial charge in [0.2, 0.25) is 29.5 Å². The van der Waals surface area contributed by atoms with E-state index in [0.29, 0.717) is 29.7 Å². The van der Waals surface area contributed by atoms with Crippen molar-refractivity contribution in [1.29, 1.82) is 0 Å². The Kier molecular flexibility index (Phi) is 22.4. The molecule has 2 aliphatic rings. The van der Waals surface area contributed by atoms with Gasteiger partial charge in [-0.3, -0.25) is 38.5 Å². The molecule has 6 amide bonds. The van der Waals surface area contributed by atoms with Crippen LogP contribution < -0.4 is 20.7 Å². The number of likely N-dealkylation sites (N-methyl/N-ethyl adjacent to an activating group) is 2. The summed E-state index contributed by atoms with van der Waals surface area (Å²) in [6, 6.07) is 7.86. The standard InChI is InChI=1S/C54H78N6O14/c1-13-32(6)44-42(61)28-43(62)74-47(31(4)5)46(63)33(7)48(64)55-39(26-30(2)3)51(67)60-25-17-20-40(60)52(68)59(11)41(27-36-21-23-38(71-12)24-22-36)53(69)73-35(9)45(50(66)56-44)57-49(65)34(8)58(10)54(70)72-29-37-18-15-14-16-19-37/h14-16,18-19,21-24,30-35,39-42,44-45,47,61H,13,17,20,25-29H2,1-12H3,(H,55,64)(H,56,66)(H,57,65)/t32-,33-,34+,35+,39-,40-,41-,42-,44+,45-,47-/m0/s1. The maximum Gasteiger partial charge on any atom is 0.410 e. The van der Waals surface area contributed by atoms with E-state index in [4.69, 9.17) is 18.9 Å². The zero-order chi connectivity index (χ0) is 55.1. The van der Waals surface area contributed by atoms with E-state index in [2.05, 4.69) is 16.0 Å². The SMILES string of the molecule is CC[C@H](C)[C@H]1NC(=O)[C@@H](NC(=O)[C@@H](C)N(C)C(=O)OCc2ccccc2)[C@@H](C)OC(=O)[C@H](Cc2ccc(OC)cc2)N(C)C(=O)[C@@H]2CCCN2C(=O)[C@H](CC(C)C)NC(=O)[C@@H](C)C(=O)[C@H](C(C)C)OC(=O)C[C@@H]1O. The molecule has 20 heteroatoms. The summed E-state index contributed by atoms with van der Waals surface area (Å²) in [6.07, 6.45) is -5.08. The Morgan fingerprint density at radius 1 is 0.878 bits per heavy atom. The fourth-order valence-corrected chi connectivity index (χ4v) is 8.90. The molecule has 0 saturated carbocycles. The predicted molar refractivity (Wildman–Crippen MR) is 272 cm³/mol. The summed E-state index contributed by atoms with van der Waals surface area (Å²) in [5.74, 6) is -8.67. The van der Waals surface area contributed by atoms with Crippen LogP contribution in [0.25, 0.3) is 0 Å². The molecule has 2 aliphatic heterocycles. The quantitative estimate of drug-likeness (QED) is 0.127. The number of Topliss-reactive ketones (excluding diaryl/α,β-unsaturated/α-hetero) is 1. The molecule has 4 N–H and O–H groups in total. The average molecular weight is 1040 g/mol. The highest BCUT2D eigenvalue weighted by Gasteiger charge is 2.44. The maximum absolute atomic E-state index is 14.8. The minimum Gasteiger partial charge on any atom is -0.497 e. The van der Waals surface area contributed by atoms with E-state index >= 15 is 0 Å². The van der Waals surface area contributed by atoms with E-state index in [1.54, 1.807) is 76.2 Å². The summed E-state index contributed by atoms with van der Waals surface area (Å²) in [6.45, 7) is 14.6. The number of ether oxygens (including phenoxy) is 4. The van der Waals surface area contributed by atoms with Gasteiger partial charge in [0, 0.05) is 27.1 Å². The van der Waals surface area contributed by atoms with Gasteiger partial charge in [0.05, 0.1) is 31.6 Å². The Labute approximate surface area is 434 Å². The fraction of sp³-hybridized carbons (Fsp3) is 0.611. The second kappa shape index (κ2) is 27.6. The van der Waals surface area contributed by atoms with Crippen molar-refractivity contribution in [2.75, 3.05) is 27.7 Å². The van der Waals surface area contributed by atoms with Gasteiger partial charge < -0.3 is 49.8 Å². The molecule has 0 unspecified atom stereocenters. The van der Waals surface area contributed by atoms with Crippen LogP contribution in [0.5, 0.6) is 5.75 Å². The van der Waals surface area contributed by atoms with Crippen LogP contribution in [0, 0.1) is 23.7 Å². The lowest BCUT2D eigenvalue weighted by Gasteiger charge is -2.35. The van der Waals surface area contributed by atoms with Gasteiger partial charge in [-0.25, -0.2) is 9.59 Å². The van der Waals surface area contributed by atoms with Crippen LogP contribution in [0.4, 0.5) is 4.79 Å². The zero-order valence-corrected chi connectivity index (χ0v) is 45.0. The molecule has 0 aliphatic carbocycles. The monoisotopic (exact) mass is 1030 g/mol. The van der Waals surface area contributed by atoms with Crippen molar-refractivity contribution in [3.8, 4) is 5.75 Å². The number of methoxy groups -OCH3 is 1. The number of aliphatic hydroxyl groups is 1. The topological polar surface area (TPSA) is 257 Å². The molecule has 11 atom stereocenters. The minimum atomic E-state index is -1.71. The van der Waals surface area contributed by atoms with Gasteiger partial charge in [0.25, 0.3) is 0 Å². The summed E-state index contributed by atoms with van der Waals surface area (Å²) in [4.78, 5) is 131. The van der Waals surface area contributed by atoms with Gasteiger partial charge in [-0.05, 0) is 81.0 Å². The molecule has 20 nitrogen and oxygen atoms in total. The van der Waals surface area contributed by atoms with Gasteiger partial charge in [-0.1, -0.05) is 90.4 Å². The average Bonchev–Trinajstić information content (AvgIpc) is 3.87. The Balaban J connectivity index is 1.82. The smallest absolute Gasteiger partial charge is 0.410 e. The Bertz CT molecular complexity index is 2280. The summed E-state index contributed by atoms with van der Waals surface area (Å²) >= 11 is 0. The molecule has 408 valence electrons. The van der Waals surface area contributed by atoms with Crippen LogP contribution in [-0.4, -0.2) is 155 Å². The molecule has 2 heterocycles. The van der Waals surface area contributed by atoms with Crippen LogP contribution in [0.1, 0.15) is 106 Å². The number of hydrogen-bond donors (Lipinski definition) is 4. The lowest BCUT2D eigenvalue weighted by atomic mass is 9.91. The number of hydrogen-bond acceptors (Lipinski definition) is 14. The number of benzene rings is 2. The van der Waals surface area contributed by atoms with Gasteiger partial charge in [-0.15, -0.1) is 0 Å². The predicted octanol–water partition coefficient (Wildman–Crippen LogP) is 3.73. The molecule has 2 aromatic carbocycles. The van der Waals surface area contributed by atoms with E-state index in [-0.39, 0.29) is 38.3 Å². The Morgan fingerprint density at radius 2 is 1.53 bits per heavy atom. The number of aliphatic hydroxyl groups excluding tert-OH is 1. The van der Waals surface area contributed by atoms with E-state index in [1.165, 1.54) is 51.8 Å². The number of nitrogens with one attached hydrogen (secondary N) is 3. The molecular weight excluding hydrogens is 957 g/mol. The van der Waals surface area contributed by atoms with Crippen molar-refractivity contribution < 1.29 is 67.2 Å². The van der Waals surface area contributed by atoms with E-state index in [1.807, 2.05) is 19.9 Å². The molecule has 2 fully saturated rings. The number of carbonyl (C=O) groups is 9. The number of carbonyl (C=O) groups excluding carboxylic acids is 9. The first kappa shape index (κ1) is 60.0. The van der Waals surface area contributed by atoms with E-state index < -0.39 is 132 Å². The van der Waals surface area contributed by atoms with Crippen molar-refractivity contribution in [2.45, 2.75) is 162 Å². The largest absolute Gasteiger partial charge is 0.497 e. The van der Waals surface area contributed by atoms with Gasteiger partial charge in [0.15, 0.2) is 11.9 Å². The number of cyclic esters (lactones) is 2. The van der Waals surface area contributed by atoms with Gasteiger partial charge in [-0.2, -0.15) is 0 Å². The molecule has 0 spiro atoms. The third-order valence-electron chi connectivity index (χ3n) is 13.9. The van der Waals surface area contributed by atoms with Crippen LogP contribution in [0.15, 0.2) is 54.6 Å². The maximum atomic E-state index is 14.8. The van der Waals surface area contributed by atoms with Crippen LogP contribution in [0.3, 0.4) is 0 Å². The Morgan fingerprint density at radius 3 is 2.12 bits per heavy atom. The molecule has 2 aromatic rings. The first-order valence-electron chi connectivity index (χ1n) is 25.6. The third kappa shape index (κ3) is 16.0. The highest BCUT2D eigenvalue weighted by molar-refractivity contribution is 6.05. The van der Waals surface area contributed by atoms with Crippen LogP contribution in [0.2, 0.25) is 0 Å². The van der Waals surface area contributed by atoms with Crippen LogP contribution in [-0.2, 0) is 65.6 Å². The van der Waals surface area contributed by atoms with Crippen LogP contribution >= 0.6 is 0 Å². The minimum absolute atomic E-state index is 0.0872. The molecule has 2 saturated heterocycles. The van der Waals surface area contributed by atoms with Gasteiger partial charge >= 0.3 is 18.0 Å². The number of esters is 2. The van der Waals surface area contributed by atoms with Crippen molar-refractivity contribution >= 4 is 53.4 Å². The summed E-state index contributed by atoms with van der Waals surface area (Å²) in [7, 11) is 4.23. The number of nitrogens with zero attached hydrogens (tertiary/aromatic N) is 3. The number of amides is 6. The van der Waals surface area contributed by atoms with E-state index in [9.17, 15) is 48.3 Å². The van der Waals surface area contributed by atoms with Crippen molar-refractivity contribution in [3.05, 3.63) is 65.7 Å². The molecular formula is C54H78N6O14. The molecule has 74 heavy (non-hydrogen) atoms. The Hall–Kier alpha value is -6.57. The molecule has 0 radical (unpaired) electrons. The summed E-state index contributed by atoms with van der Waals surface area (Å²) in [5.41, 5.74) is 1.29. The molecule has 4 rings (SSSR count). The zero-order valence-electron chi connectivity index (χ0n) is 45.0. The first-order valence-corrected chi connectivity index (χ1v) is 25.6. The van der Waals surface area contributed by atoms with Crippen molar-refractivity contribution in [3.63, 3.8) is 0 Å². The van der Waals surface area contributed by atoms with Crippen molar-refractivity contribution in [1.82, 2.24) is 30.7 Å². The highest BCUT2D eigenvalue weighted by atomic mass is 16.6. The first-order chi connectivity index (χ1) is 34.9. The van der Waals surface area contributed by atoms with Crippen molar-refractivity contribution in [2.24, 2.45) is 23.7 Å². The van der Waals surface area contributed by atoms with Gasteiger partial charge in [0.1, 0.15) is 48.7 Å². The molecule has 0 bridgehead atoms. The number of ketones is 1. The number of rotatable bonds is 13. The highest BCUT2D eigenvalue weighted by Crippen LogP contribution is 2.26. The normalized spacial score (nSPS) is 26.0. The second-order valence-electron chi connectivity index (χ2n) is 20.3. The fourth-order valence-electron chi connectivity index (χ4n) is 8.90. The third-order valence-corrected chi connectivity index (χ3v) is 13.9. The second-order valence-corrected chi connectivity index (χ2v) is 20.3. The number of fused-ring (bicyclic) bond motifs is 1. The lowest BCUT2D eigenvalue weighted by Crippen LogP contribution is -2.61. The summed E-state index contributed by atoms with van der Waals surface area (Å²) in [5, 5.41) is 19.8. The van der Waals surface area contributed by atoms with E-state index in [0.717, 1.165) is 4.90 Å². The molecule has 0 aromatic heterocycles. The lowest BCUT2D eigenvalue weighted by molar-refractivity contribution is -0.163.